The Morgan fingerprint density at radius 2 is 1.94 bits per heavy atom. The molecule has 0 spiro atoms. The molecule has 1 N–H and O–H groups in total. The molecular formula is C23H17F4N3O3. The number of carbonyl (C=O) groups is 1. The molecule has 1 amide bonds. The van der Waals surface area contributed by atoms with Crippen molar-refractivity contribution >= 4 is 22.2 Å². The van der Waals surface area contributed by atoms with E-state index >= 15 is 0 Å². The van der Waals surface area contributed by atoms with Gasteiger partial charge in [-0.2, -0.15) is 0 Å². The summed E-state index contributed by atoms with van der Waals surface area (Å²) in [6.07, 6.45) is 0.304. The Kier molecular flexibility index (Phi) is 4.97. The number of amides is 1. The molecule has 0 saturated carbocycles. The molecule has 0 radical (unpaired) electrons. The van der Waals surface area contributed by atoms with E-state index in [2.05, 4.69) is 4.98 Å². The minimum atomic E-state index is -2.71. The summed E-state index contributed by atoms with van der Waals surface area (Å²) < 4.78 is 61.5. The maximum atomic E-state index is 14.1. The highest BCUT2D eigenvalue weighted by molar-refractivity contribution is 5.96. The molecule has 0 bridgehead atoms. The van der Waals surface area contributed by atoms with Crippen LogP contribution in [0.4, 0.5) is 17.6 Å². The van der Waals surface area contributed by atoms with Crippen LogP contribution >= 0.6 is 0 Å². The zero-order valence-corrected chi connectivity index (χ0v) is 17.2. The van der Waals surface area contributed by atoms with Gasteiger partial charge in [0.15, 0.2) is 11.6 Å². The smallest absolute Gasteiger partial charge is 0.265 e. The Morgan fingerprint density at radius 1 is 1.21 bits per heavy atom. The summed E-state index contributed by atoms with van der Waals surface area (Å²) in [6, 6.07) is 5.17. The molecule has 1 atom stereocenters. The van der Waals surface area contributed by atoms with E-state index in [1.165, 1.54) is 40.7 Å². The quantitative estimate of drug-likeness (QED) is 0.464. The summed E-state index contributed by atoms with van der Waals surface area (Å²) in [4.78, 5) is 29.6. The van der Waals surface area contributed by atoms with Gasteiger partial charge in [0.1, 0.15) is 0 Å². The molecule has 3 aromatic heterocycles. The Bertz CT molecular complexity index is 1480. The number of aromatic nitrogens is 2. The van der Waals surface area contributed by atoms with E-state index in [0.29, 0.717) is 11.3 Å². The highest BCUT2D eigenvalue weighted by Gasteiger charge is 2.32. The van der Waals surface area contributed by atoms with Gasteiger partial charge in [-0.15, -0.1) is 0 Å². The summed E-state index contributed by atoms with van der Waals surface area (Å²) in [5.74, 6) is -2.76. The van der Waals surface area contributed by atoms with Gasteiger partial charge in [-0.25, -0.2) is 17.6 Å². The van der Waals surface area contributed by atoms with Crippen molar-refractivity contribution in [3.63, 3.8) is 0 Å². The number of hydrogen-bond donors (Lipinski definition) is 1. The first-order valence-electron chi connectivity index (χ1n) is 10.0. The van der Waals surface area contributed by atoms with Crippen molar-refractivity contribution in [2.24, 2.45) is 0 Å². The topological polar surface area (TPSA) is 66.8 Å². The summed E-state index contributed by atoms with van der Waals surface area (Å²) in [5.41, 5.74) is 0.380. The molecule has 170 valence electrons. The molecule has 1 aliphatic heterocycles. The number of halogens is 4. The number of H-pyrrole nitrogens is 1. The molecule has 0 unspecified atom stereocenters. The first-order valence-corrected chi connectivity index (χ1v) is 10.0. The molecular weight excluding hydrogens is 442 g/mol. The fourth-order valence-corrected chi connectivity index (χ4v) is 4.35. The molecule has 6 nitrogen and oxygen atoms in total. The van der Waals surface area contributed by atoms with E-state index in [0.717, 1.165) is 12.1 Å². The first kappa shape index (κ1) is 21.2. The standard InChI is InChI=1S/C23H17F4N3O3/c1-29(23(32)11-5-18-12(21(26)27)3-2-4-30(18)8-11)19-10-33-9-17-20(19)13-6-15(24)16(25)7-14(13)22(31)28-17/h2-8,19,21H,9-10H2,1H3,(H,28,31)/t19-/m1/s1. The summed E-state index contributed by atoms with van der Waals surface area (Å²) in [6.45, 7) is 0.0803. The normalized spacial score (nSPS) is 15.9. The van der Waals surface area contributed by atoms with Crippen molar-refractivity contribution in [1.29, 1.82) is 0 Å². The van der Waals surface area contributed by atoms with Gasteiger partial charge in [0.05, 0.1) is 35.7 Å². The zero-order chi connectivity index (χ0) is 23.4. The van der Waals surface area contributed by atoms with E-state index in [1.807, 2.05) is 0 Å². The van der Waals surface area contributed by atoms with Gasteiger partial charge in [0, 0.05) is 36.3 Å². The average molecular weight is 459 g/mol. The third-order valence-corrected chi connectivity index (χ3v) is 5.98. The molecule has 1 aromatic carbocycles. The lowest BCUT2D eigenvalue weighted by atomic mass is 9.95. The summed E-state index contributed by atoms with van der Waals surface area (Å²) in [5, 5.41) is 0.138. The maximum absolute atomic E-state index is 14.1. The lowest BCUT2D eigenvalue weighted by molar-refractivity contribution is 0.0336. The van der Waals surface area contributed by atoms with E-state index in [4.69, 9.17) is 4.74 Å². The van der Waals surface area contributed by atoms with Gasteiger partial charge in [-0.05, 0) is 35.7 Å². The van der Waals surface area contributed by atoms with Crippen LogP contribution in [0, 0.1) is 11.6 Å². The Morgan fingerprint density at radius 3 is 2.67 bits per heavy atom. The van der Waals surface area contributed by atoms with E-state index in [9.17, 15) is 27.2 Å². The van der Waals surface area contributed by atoms with E-state index in [1.54, 1.807) is 6.20 Å². The fraction of sp³-hybridized carbons (Fsp3) is 0.217. The number of benzene rings is 1. The third kappa shape index (κ3) is 3.37. The minimum Gasteiger partial charge on any atom is -0.373 e. The second-order valence-corrected chi connectivity index (χ2v) is 7.89. The Balaban J connectivity index is 1.60. The number of hydrogen-bond acceptors (Lipinski definition) is 3. The lowest BCUT2D eigenvalue weighted by Gasteiger charge is -2.33. The fourth-order valence-electron chi connectivity index (χ4n) is 4.35. The number of likely N-dealkylation sites (N-methyl/N-ethyl adjacent to an activating group) is 1. The molecule has 1 aliphatic rings. The van der Waals surface area contributed by atoms with Gasteiger partial charge in [-0.1, -0.05) is 0 Å². The number of carbonyl (C=O) groups excluding carboxylic acids is 1. The van der Waals surface area contributed by atoms with Crippen LogP contribution < -0.4 is 5.56 Å². The molecule has 4 heterocycles. The monoisotopic (exact) mass is 459 g/mol. The number of fused-ring (bicyclic) bond motifs is 4. The number of rotatable bonds is 3. The van der Waals surface area contributed by atoms with Crippen molar-refractivity contribution in [2.45, 2.75) is 19.1 Å². The largest absolute Gasteiger partial charge is 0.373 e. The highest BCUT2D eigenvalue weighted by Crippen LogP contribution is 2.34. The van der Waals surface area contributed by atoms with Gasteiger partial charge in [-0.3, -0.25) is 9.59 Å². The number of nitrogens with one attached hydrogen (secondary N) is 1. The molecule has 0 saturated heterocycles. The van der Waals surface area contributed by atoms with Crippen LogP contribution in [-0.4, -0.2) is 33.8 Å². The zero-order valence-electron chi connectivity index (χ0n) is 17.2. The third-order valence-electron chi connectivity index (χ3n) is 5.98. The average Bonchev–Trinajstić information content (AvgIpc) is 3.23. The second kappa shape index (κ2) is 7.73. The number of aromatic amines is 1. The first-order chi connectivity index (χ1) is 15.8. The molecule has 0 fully saturated rings. The van der Waals surface area contributed by atoms with Crippen LogP contribution in [-0.2, 0) is 11.3 Å². The van der Waals surface area contributed by atoms with Crippen molar-refractivity contribution in [3.8, 4) is 0 Å². The Labute approximate surface area is 184 Å². The second-order valence-electron chi connectivity index (χ2n) is 7.89. The molecule has 10 heteroatoms. The predicted octanol–water partition coefficient (Wildman–Crippen LogP) is 4.34. The van der Waals surface area contributed by atoms with Crippen molar-refractivity contribution in [1.82, 2.24) is 14.3 Å². The van der Waals surface area contributed by atoms with E-state index < -0.39 is 35.6 Å². The van der Waals surface area contributed by atoms with Crippen LogP contribution in [0.15, 0.2) is 47.5 Å². The number of alkyl halides is 2. The van der Waals surface area contributed by atoms with Crippen LogP contribution in [0.3, 0.4) is 0 Å². The highest BCUT2D eigenvalue weighted by atomic mass is 19.3. The van der Waals surface area contributed by atoms with Crippen LogP contribution in [0.2, 0.25) is 0 Å². The minimum absolute atomic E-state index is 0.0336. The molecule has 5 rings (SSSR count). The molecule has 33 heavy (non-hydrogen) atoms. The summed E-state index contributed by atoms with van der Waals surface area (Å²) in [7, 11) is 1.50. The molecule has 0 aliphatic carbocycles. The van der Waals surface area contributed by atoms with Crippen molar-refractivity contribution in [2.75, 3.05) is 13.7 Å². The summed E-state index contributed by atoms with van der Waals surface area (Å²) >= 11 is 0. The SMILES string of the molecule is CN(C(=O)c1cc2c(C(F)F)cccn2c1)[C@@H]1COCc2[nH]c(=O)c3cc(F)c(F)cc3c21. The van der Waals surface area contributed by atoms with Crippen molar-refractivity contribution < 1.29 is 27.1 Å². The lowest BCUT2D eigenvalue weighted by Crippen LogP contribution is -2.37. The number of nitrogens with zero attached hydrogens (tertiary/aromatic N) is 2. The van der Waals surface area contributed by atoms with Gasteiger partial charge < -0.3 is 19.0 Å². The molecule has 4 aromatic rings. The van der Waals surface area contributed by atoms with Gasteiger partial charge in [0.25, 0.3) is 17.9 Å². The van der Waals surface area contributed by atoms with Gasteiger partial charge >= 0.3 is 0 Å². The van der Waals surface area contributed by atoms with Crippen LogP contribution in [0.5, 0.6) is 0 Å². The number of pyridine rings is 2. The van der Waals surface area contributed by atoms with Gasteiger partial charge in [0.2, 0.25) is 0 Å². The predicted molar refractivity (Wildman–Crippen MR) is 111 cm³/mol. The number of ether oxygens (including phenoxy) is 1. The van der Waals surface area contributed by atoms with Crippen LogP contribution in [0.1, 0.15) is 39.6 Å². The van der Waals surface area contributed by atoms with Crippen molar-refractivity contribution in [3.05, 3.63) is 87.1 Å². The maximum Gasteiger partial charge on any atom is 0.265 e. The Hall–Kier alpha value is -3.66. The van der Waals surface area contributed by atoms with E-state index in [-0.39, 0.29) is 40.6 Å². The van der Waals surface area contributed by atoms with Crippen LogP contribution in [0.25, 0.3) is 16.3 Å².